The maximum Gasteiger partial charge on any atom is 0.267 e. The molecule has 0 spiro atoms. The van der Waals surface area contributed by atoms with Crippen LogP contribution in [0.5, 0.6) is 5.75 Å². The van der Waals surface area contributed by atoms with Gasteiger partial charge < -0.3 is 4.74 Å². The monoisotopic (exact) mass is 464 g/mol. The van der Waals surface area contributed by atoms with Crippen molar-refractivity contribution in [1.29, 1.82) is 0 Å². The predicted octanol–water partition coefficient (Wildman–Crippen LogP) is 4.26. The van der Waals surface area contributed by atoms with E-state index in [1.54, 1.807) is 17.5 Å². The van der Waals surface area contributed by atoms with Gasteiger partial charge in [-0.3, -0.25) is 19.5 Å². The van der Waals surface area contributed by atoms with Crippen molar-refractivity contribution in [3.05, 3.63) is 88.4 Å². The van der Waals surface area contributed by atoms with Crippen molar-refractivity contribution in [2.24, 2.45) is 0 Å². The summed E-state index contributed by atoms with van der Waals surface area (Å²) in [5.41, 5.74) is 1.89. The lowest BCUT2D eigenvalue weighted by molar-refractivity contribution is -0.117. The van der Waals surface area contributed by atoms with Crippen LogP contribution in [0.15, 0.2) is 77.3 Å². The van der Waals surface area contributed by atoms with Gasteiger partial charge in [-0.15, -0.1) is 21.5 Å². The Balaban J connectivity index is 1.48. The van der Waals surface area contributed by atoms with E-state index in [1.165, 1.54) is 23.1 Å². The molecule has 2 heterocycles. The first kappa shape index (κ1) is 21.8. The Hall–Kier alpha value is -3.43. The van der Waals surface area contributed by atoms with Crippen molar-refractivity contribution in [3.8, 4) is 11.4 Å². The van der Waals surface area contributed by atoms with Crippen LogP contribution in [-0.4, -0.2) is 32.3 Å². The number of para-hydroxylation sites is 2. The van der Waals surface area contributed by atoms with Gasteiger partial charge in [0, 0.05) is 5.69 Å². The van der Waals surface area contributed by atoms with Crippen molar-refractivity contribution >= 4 is 34.9 Å². The lowest BCUT2D eigenvalue weighted by Crippen LogP contribution is -2.31. The first-order chi connectivity index (χ1) is 15.6. The Morgan fingerprint density at radius 1 is 1.03 bits per heavy atom. The normalized spacial score (nSPS) is 10.7. The first-order valence-electron chi connectivity index (χ1n) is 9.80. The van der Waals surface area contributed by atoms with Gasteiger partial charge in [0.25, 0.3) is 5.91 Å². The molecule has 0 aliphatic rings. The minimum atomic E-state index is -0.401. The molecule has 0 saturated heterocycles. The molecule has 2 aromatic heterocycles. The lowest BCUT2D eigenvalue weighted by atomic mass is 10.2. The second kappa shape index (κ2) is 10.3. The topological polar surface area (TPSA) is 86.1 Å². The molecule has 0 fully saturated rings. The summed E-state index contributed by atoms with van der Waals surface area (Å²) >= 11 is 2.49. The zero-order valence-electron chi connectivity index (χ0n) is 17.2. The van der Waals surface area contributed by atoms with E-state index in [-0.39, 0.29) is 12.4 Å². The number of amides is 2. The van der Waals surface area contributed by atoms with Crippen LogP contribution in [0.4, 0.5) is 0 Å². The van der Waals surface area contributed by atoms with Crippen molar-refractivity contribution in [2.75, 3.05) is 5.75 Å². The van der Waals surface area contributed by atoms with Crippen molar-refractivity contribution < 1.29 is 14.3 Å². The van der Waals surface area contributed by atoms with E-state index in [9.17, 15) is 9.59 Å². The Morgan fingerprint density at radius 3 is 2.56 bits per heavy atom. The quantitative estimate of drug-likeness (QED) is 0.392. The second-order valence-electron chi connectivity index (χ2n) is 6.77. The predicted molar refractivity (Wildman–Crippen MR) is 124 cm³/mol. The smallest absolute Gasteiger partial charge is 0.267 e. The van der Waals surface area contributed by atoms with Gasteiger partial charge in [-0.25, -0.2) is 0 Å². The van der Waals surface area contributed by atoms with Crippen LogP contribution >= 0.6 is 23.1 Å². The highest BCUT2D eigenvalue weighted by molar-refractivity contribution is 7.99. The van der Waals surface area contributed by atoms with Crippen LogP contribution in [0, 0.1) is 6.92 Å². The molecule has 0 radical (unpaired) electrons. The van der Waals surface area contributed by atoms with Crippen LogP contribution in [0.25, 0.3) is 5.69 Å². The maximum absolute atomic E-state index is 12.3. The molecule has 0 atom stereocenters. The molecule has 7 nitrogen and oxygen atoms in total. The number of rotatable bonds is 8. The van der Waals surface area contributed by atoms with Gasteiger partial charge in [0.1, 0.15) is 12.4 Å². The number of hydrogen-bond donors (Lipinski definition) is 1. The number of hydrogen-bond acceptors (Lipinski definition) is 7. The molecule has 1 N–H and O–H groups in total. The Labute approximate surface area is 193 Å². The average molecular weight is 465 g/mol. The fraction of sp³-hybridized carbons (Fsp3) is 0.130. The van der Waals surface area contributed by atoms with Crippen LogP contribution in [0.3, 0.4) is 0 Å². The van der Waals surface area contributed by atoms with Gasteiger partial charge in [0.2, 0.25) is 5.91 Å². The second-order valence-corrected chi connectivity index (χ2v) is 8.66. The molecular formula is C23H20N4O3S2. The highest BCUT2D eigenvalue weighted by atomic mass is 32.2. The van der Waals surface area contributed by atoms with E-state index in [0.29, 0.717) is 15.9 Å². The molecule has 0 aliphatic carbocycles. The number of nitrogens with zero attached hydrogens (tertiary/aromatic N) is 3. The summed E-state index contributed by atoms with van der Waals surface area (Å²) < 4.78 is 7.82. The number of carbonyl (C=O) groups is 2. The lowest BCUT2D eigenvalue weighted by Gasteiger charge is -2.12. The minimum Gasteiger partial charge on any atom is -0.485 e. The first-order valence-corrected chi connectivity index (χ1v) is 11.7. The number of ether oxygens (including phenoxy) is 1. The molecule has 162 valence electrons. The molecular weight excluding hydrogens is 444 g/mol. The summed E-state index contributed by atoms with van der Waals surface area (Å²) in [6, 6.07) is 20.8. The minimum absolute atomic E-state index is 0.0285. The van der Waals surface area contributed by atoms with E-state index in [2.05, 4.69) is 15.5 Å². The van der Waals surface area contributed by atoms with Crippen LogP contribution in [0.2, 0.25) is 0 Å². The number of nitrogens with one attached hydrogen (secondary N) is 1. The van der Waals surface area contributed by atoms with Crippen molar-refractivity contribution in [2.45, 2.75) is 18.7 Å². The Morgan fingerprint density at radius 2 is 1.81 bits per heavy atom. The molecule has 32 heavy (non-hydrogen) atoms. The van der Waals surface area contributed by atoms with Crippen molar-refractivity contribution in [1.82, 2.24) is 20.1 Å². The largest absolute Gasteiger partial charge is 0.485 e. The number of benzene rings is 2. The number of imide groups is 1. The van der Waals surface area contributed by atoms with Gasteiger partial charge in [-0.05, 0) is 42.1 Å². The standard InChI is InChI=1S/C23H20N4O3S2/c1-16-8-5-6-11-18(16)30-14-20-25-26-23(27(20)17-9-3-2-4-10-17)32-15-21(28)24-22(29)19-12-7-13-31-19/h2-13H,14-15H2,1H3,(H,24,28,29). The van der Waals surface area contributed by atoms with E-state index in [1.807, 2.05) is 66.1 Å². The van der Waals surface area contributed by atoms with Gasteiger partial charge in [0.15, 0.2) is 11.0 Å². The zero-order chi connectivity index (χ0) is 22.3. The number of aromatic nitrogens is 3. The van der Waals surface area contributed by atoms with Crippen LogP contribution < -0.4 is 10.1 Å². The fourth-order valence-corrected chi connectivity index (χ4v) is 4.34. The van der Waals surface area contributed by atoms with Gasteiger partial charge in [-0.2, -0.15) is 0 Å². The van der Waals surface area contributed by atoms with Gasteiger partial charge >= 0.3 is 0 Å². The molecule has 2 amide bonds. The summed E-state index contributed by atoms with van der Waals surface area (Å²) in [5.74, 6) is 0.616. The van der Waals surface area contributed by atoms with Crippen molar-refractivity contribution in [3.63, 3.8) is 0 Å². The van der Waals surface area contributed by atoms with Crippen LogP contribution in [-0.2, 0) is 11.4 Å². The van der Waals surface area contributed by atoms with Gasteiger partial charge in [-0.1, -0.05) is 54.2 Å². The van der Waals surface area contributed by atoms with E-state index < -0.39 is 11.8 Å². The SMILES string of the molecule is Cc1ccccc1OCc1nnc(SCC(=O)NC(=O)c2cccs2)n1-c1ccccc1. The third-order valence-electron chi connectivity index (χ3n) is 4.50. The number of aryl methyl sites for hydroxylation is 1. The Bertz CT molecular complexity index is 1210. The molecule has 9 heteroatoms. The zero-order valence-corrected chi connectivity index (χ0v) is 18.9. The molecule has 4 rings (SSSR count). The Kier molecular flexibility index (Phi) is 6.98. The molecule has 0 saturated carbocycles. The molecule has 0 unspecified atom stereocenters. The number of thioether (sulfide) groups is 1. The van der Waals surface area contributed by atoms with E-state index >= 15 is 0 Å². The summed E-state index contributed by atoms with van der Waals surface area (Å²) in [6.45, 7) is 2.20. The number of carbonyl (C=O) groups excluding carboxylic acids is 2. The fourth-order valence-electron chi connectivity index (χ4n) is 2.95. The summed E-state index contributed by atoms with van der Waals surface area (Å²) in [5, 5.41) is 13.3. The van der Waals surface area contributed by atoms with E-state index in [4.69, 9.17) is 4.74 Å². The molecule has 0 aliphatic heterocycles. The molecule has 4 aromatic rings. The highest BCUT2D eigenvalue weighted by Crippen LogP contribution is 2.24. The maximum atomic E-state index is 12.3. The third kappa shape index (κ3) is 5.24. The average Bonchev–Trinajstić information content (AvgIpc) is 3.48. The summed E-state index contributed by atoms with van der Waals surface area (Å²) in [4.78, 5) is 24.9. The number of thiophene rings is 1. The van der Waals surface area contributed by atoms with E-state index in [0.717, 1.165) is 17.0 Å². The summed E-state index contributed by atoms with van der Waals surface area (Å²) in [7, 11) is 0. The molecule has 2 aromatic carbocycles. The third-order valence-corrected chi connectivity index (χ3v) is 6.29. The van der Waals surface area contributed by atoms with Gasteiger partial charge in [0.05, 0.1) is 10.6 Å². The highest BCUT2D eigenvalue weighted by Gasteiger charge is 2.18. The molecule has 0 bridgehead atoms. The summed E-state index contributed by atoms with van der Waals surface area (Å²) in [6.07, 6.45) is 0. The van der Waals surface area contributed by atoms with Crippen LogP contribution in [0.1, 0.15) is 21.1 Å².